The average molecular weight is 394 g/mol. The van der Waals surface area contributed by atoms with Crippen molar-refractivity contribution in [3.63, 3.8) is 0 Å². The lowest BCUT2D eigenvalue weighted by atomic mass is 10.1. The molecule has 4 rings (SSSR count). The van der Waals surface area contributed by atoms with Crippen LogP contribution in [0.3, 0.4) is 0 Å². The number of hydrogen-bond donors (Lipinski definition) is 0. The Bertz CT molecular complexity index is 847. The van der Waals surface area contributed by atoms with Crippen molar-refractivity contribution in [3.05, 3.63) is 57.6 Å². The number of hydrogen-bond acceptors (Lipinski definition) is 4. The van der Waals surface area contributed by atoms with Crippen LogP contribution in [-0.2, 0) is 26.6 Å². The van der Waals surface area contributed by atoms with Gasteiger partial charge < -0.3 is 19.1 Å². The van der Waals surface area contributed by atoms with Crippen molar-refractivity contribution in [2.45, 2.75) is 19.3 Å². The molecule has 7 heteroatoms. The molecule has 0 unspecified atom stereocenters. The summed E-state index contributed by atoms with van der Waals surface area (Å²) >= 11 is 12.6. The molecular weight excluding hydrogens is 377 g/mol. The number of nitrogens with zero attached hydrogens (tertiary/aromatic N) is 1. The van der Waals surface area contributed by atoms with E-state index < -0.39 is 5.79 Å². The van der Waals surface area contributed by atoms with Crippen LogP contribution < -0.4 is 9.64 Å². The topological polar surface area (TPSA) is 48.0 Å². The van der Waals surface area contributed by atoms with Crippen LogP contribution in [0.5, 0.6) is 5.75 Å². The van der Waals surface area contributed by atoms with Gasteiger partial charge in [0.2, 0.25) is 0 Å². The lowest BCUT2D eigenvalue weighted by Crippen LogP contribution is -2.40. The standard InChI is InChI=1S/C19H17Cl2NO4/c1-2-24-13-5-3-12(4-6-13)11-22-17-14(7-8-15(20)16(17)21)19(18(22)23)25-9-10-26-19/h3-8H,2,9-11H2,1H3. The molecule has 2 aromatic rings. The molecule has 0 N–H and O–H groups in total. The monoisotopic (exact) mass is 393 g/mol. The van der Waals surface area contributed by atoms with E-state index in [1.807, 2.05) is 31.2 Å². The largest absolute Gasteiger partial charge is 0.494 e. The molecule has 0 atom stereocenters. The Morgan fingerprint density at radius 2 is 1.81 bits per heavy atom. The molecule has 2 heterocycles. The number of amides is 1. The van der Waals surface area contributed by atoms with Crippen molar-refractivity contribution in [2.75, 3.05) is 24.7 Å². The van der Waals surface area contributed by atoms with Crippen LogP contribution in [0.15, 0.2) is 36.4 Å². The second kappa shape index (κ2) is 6.74. The lowest BCUT2D eigenvalue weighted by Gasteiger charge is -2.22. The summed E-state index contributed by atoms with van der Waals surface area (Å²) in [5, 5.41) is 0.699. The van der Waals surface area contributed by atoms with Gasteiger partial charge in [-0.25, -0.2) is 0 Å². The fraction of sp³-hybridized carbons (Fsp3) is 0.316. The third kappa shape index (κ3) is 2.67. The number of fused-ring (bicyclic) bond motifs is 2. The summed E-state index contributed by atoms with van der Waals surface area (Å²) in [7, 11) is 0. The van der Waals surface area contributed by atoms with Gasteiger partial charge in [-0.1, -0.05) is 35.3 Å². The Morgan fingerprint density at radius 1 is 1.12 bits per heavy atom. The van der Waals surface area contributed by atoms with Crippen molar-refractivity contribution >= 4 is 34.8 Å². The van der Waals surface area contributed by atoms with Gasteiger partial charge in [0.1, 0.15) is 5.75 Å². The summed E-state index contributed by atoms with van der Waals surface area (Å²) in [5.74, 6) is -0.929. The first-order valence-corrected chi connectivity index (χ1v) is 9.12. The molecule has 0 bridgehead atoms. The number of carbonyl (C=O) groups excluding carboxylic acids is 1. The fourth-order valence-electron chi connectivity index (χ4n) is 3.35. The molecule has 0 aromatic heterocycles. The van der Waals surface area contributed by atoms with Crippen LogP contribution in [0.2, 0.25) is 10.0 Å². The van der Waals surface area contributed by atoms with E-state index in [9.17, 15) is 4.79 Å². The number of benzene rings is 2. The van der Waals surface area contributed by atoms with Crippen molar-refractivity contribution < 1.29 is 19.0 Å². The predicted molar refractivity (Wildman–Crippen MR) is 98.8 cm³/mol. The maximum atomic E-state index is 13.2. The molecular formula is C19H17Cl2NO4. The normalized spacial score (nSPS) is 17.8. The highest BCUT2D eigenvalue weighted by Crippen LogP contribution is 2.50. The summed E-state index contributed by atoms with van der Waals surface area (Å²) < 4.78 is 16.9. The molecule has 0 radical (unpaired) electrons. The summed E-state index contributed by atoms with van der Waals surface area (Å²) in [6, 6.07) is 11.0. The average Bonchev–Trinajstić information content (AvgIpc) is 3.21. The van der Waals surface area contributed by atoms with Gasteiger partial charge in [-0.05, 0) is 36.8 Å². The number of carbonyl (C=O) groups is 1. The van der Waals surface area contributed by atoms with E-state index in [-0.39, 0.29) is 5.91 Å². The maximum absolute atomic E-state index is 13.2. The van der Waals surface area contributed by atoms with Gasteiger partial charge in [-0.15, -0.1) is 0 Å². The van der Waals surface area contributed by atoms with Crippen molar-refractivity contribution in [2.24, 2.45) is 0 Å². The molecule has 5 nitrogen and oxygen atoms in total. The summed E-state index contributed by atoms with van der Waals surface area (Å²) in [6.45, 7) is 3.56. The van der Waals surface area contributed by atoms with E-state index in [0.29, 0.717) is 47.7 Å². The van der Waals surface area contributed by atoms with Crippen LogP contribution in [0, 0.1) is 0 Å². The second-order valence-electron chi connectivity index (χ2n) is 6.04. The minimum Gasteiger partial charge on any atom is -0.494 e. The van der Waals surface area contributed by atoms with Gasteiger partial charge in [-0.3, -0.25) is 4.79 Å². The van der Waals surface area contributed by atoms with E-state index in [4.69, 9.17) is 37.4 Å². The first-order chi connectivity index (χ1) is 12.6. The molecule has 1 saturated heterocycles. The Kier molecular flexibility index (Phi) is 4.57. The Balaban J connectivity index is 1.73. The molecule has 1 amide bonds. The molecule has 1 fully saturated rings. The zero-order chi connectivity index (χ0) is 18.3. The third-order valence-corrected chi connectivity index (χ3v) is 5.28. The Morgan fingerprint density at radius 3 is 2.46 bits per heavy atom. The molecule has 1 spiro atoms. The summed E-state index contributed by atoms with van der Waals surface area (Å²) in [6.07, 6.45) is 0. The van der Waals surface area contributed by atoms with Crippen molar-refractivity contribution in [1.82, 2.24) is 0 Å². The highest BCUT2D eigenvalue weighted by Gasteiger charge is 2.56. The fourth-order valence-corrected chi connectivity index (χ4v) is 3.77. The highest BCUT2D eigenvalue weighted by atomic mass is 35.5. The molecule has 2 aliphatic rings. The van der Waals surface area contributed by atoms with Crippen LogP contribution in [0.4, 0.5) is 5.69 Å². The summed E-state index contributed by atoms with van der Waals surface area (Å²) in [5.41, 5.74) is 2.07. The molecule has 2 aliphatic heterocycles. The Labute approximate surface area is 161 Å². The number of rotatable bonds is 4. The predicted octanol–water partition coefficient (Wildman–Crippen LogP) is 4.14. The lowest BCUT2D eigenvalue weighted by molar-refractivity contribution is -0.180. The SMILES string of the molecule is CCOc1ccc(CN2C(=O)C3(OCCO3)c3ccc(Cl)c(Cl)c32)cc1. The Hall–Kier alpha value is -1.79. The van der Waals surface area contributed by atoms with Gasteiger partial charge in [0.05, 0.1) is 42.1 Å². The molecule has 2 aromatic carbocycles. The van der Waals surface area contributed by atoms with E-state index in [0.717, 1.165) is 11.3 Å². The van der Waals surface area contributed by atoms with Crippen molar-refractivity contribution in [3.8, 4) is 5.75 Å². The zero-order valence-corrected chi connectivity index (χ0v) is 15.6. The quantitative estimate of drug-likeness (QED) is 0.782. The van der Waals surface area contributed by atoms with Crippen LogP contribution in [0.25, 0.3) is 0 Å². The molecule has 136 valence electrons. The van der Waals surface area contributed by atoms with Gasteiger partial charge in [0.25, 0.3) is 11.7 Å². The molecule has 26 heavy (non-hydrogen) atoms. The van der Waals surface area contributed by atoms with E-state index >= 15 is 0 Å². The first kappa shape index (κ1) is 17.6. The summed E-state index contributed by atoms with van der Waals surface area (Å²) in [4.78, 5) is 14.7. The smallest absolute Gasteiger partial charge is 0.292 e. The number of ether oxygens (including phenoxy) is 3. The molecule has 0 saturated carbocycles. The van der Waals surface area contributed by atoms with E-state index in [1.165, 1.54) is 0 Å². The van der Waals surface area contributed by atoms with Gasteiger partial charge in [0, 0.05) is 5.56 Å². The first-order valence-electron chi connectivity index (χ1n) is 8.37. The second-order valence-corrected chi connectivity index (χ2v) is 6.82. The minimum atomic E-state index is -1.42. The zero-order valence-electron chi connectivity index (χ0n) is 14.1. The number of anilines is 1. The minimum absolute atomic E-state index is 0.289. The van der Waals surface area contributed by atoms with Crippen LogP contribution >= 0.6 is 23.2 Å². The van der Waals surface area contributed by atoms with E-state index in [1.54, 1.807) is 17.0 Å². The molecule has 0 aliphatic carbocycles. The van der Waals surface area contributed by atoms with Crippen LogP contribution in [0.1, 0.15) is 18.1 Å². The van der Waals surface area contributed by atoms with E-state index in [2.05, 4.69) is 0 Å². The number of halogens is 2. The highest BCUT2D eigenvalue weighted by molar-refractivity contribution is 6.44. The van der Waals surface area contributed by atoms with Crippen molar-refractivity contribution in [1.29, 1.82) is 0 Å². The van der Waals surface area contributed by atoms with Gasteiger partial charge in [-0.2, -0.15) is 0 Å². The third-order valence-electron chi connectivity index (χ3n) is 4.49. The maximum Gasteiger partial charge on any atom is 0.292 e. The van der Waals surface area contributed by atoms with Crippen LogP contribution in [-0.4, -0.2) is 25.7 Å². The van der Waals surface area contributed by atoms with Gasteiger partial charge in [0.15, 0.2) is 0 Å². The van der Waals surface area contributed by atoms with Gasteiger partial charge >= 0.3 is 0 Å².